The molecule has 1 amide bonds. The fourth-order valence-electron chi connectivity index (χ4n) is 4.19. The van der Waals surface area contributed by atoms with Crippen molar-refractivity contribution >= 4 is 5.91 Å². The highest BCUT2D eigenvalue weighted by atomic mass is 16.5. The average Bonchev–Trinajstić information content (AvgIpc) is 2.96. The number of hydrogen-bond donors (Lipinski definition) is 0. The van der Waals surface area contributed by atoms with E-state index in [2.05, 4.69) is 16.9 Å². The number of aryl methyl sites for hydroxylation is 2. The van der Waals surface area contributed by atoms with Gasteiger partial charge in [-0.15, -0.1) is 0 Å². The van der Waals surface area contributed by atoms with Crippen LogP contribution < -0.4 is 0 Å². The summed E-state index contributed by atoms with van der Waals surface area (Å²) < 4.78 is 7.27. The third kappa shape index (κ3) is 2.37. The molecule has 1 saturated heterocycles. The van der Waals surface area contributed by atoms with Crippen LogP contribution in [0.1, 0.15) is 48.7 Å². The van der Waals surface area contributed by atoms with Gasteiger partial charge in [0.05, 0.1) is 17.4 Å². The van der Waals surface area contributed by atoms with Crippen molar-refractivity contribution in [2.45, 2.75) is 51.7 Å². The predicted molar refractivity (Wildman–Crippen MR) is 80.1 cm³/mol. The van der Waals surface area contributed by atoms with E-state index in [-0.39, 0.29) is 11.3 Å². The maximum Gasteiger partial charge on any atom is 0.257 e. The van der Waals surface area contributed by atoms with Gasteiger partial charge in [-0.3, -0.25) is 9.48 Å². The molecule has 1 saturated carbocycles. The molecule has 1 aliphatic carbocycles. The molecule has 116 valence electrons. The standard InChI is InChI=1S/C16H25N3O2/c1-11-13(10-18(3)17-11)15(20)19-8-7-16(2)9-12(21-4)5-6-14(16)19/h10,12,14H,5-9H2,1-4H3/t12-,14-,16+/m1/s1. The molecule has 3 rings (SSSR count). The Hall–Kier alpha value is -1.36. The number of likely N-dealkylation sites (tertiary alicyclic amines) is 1. The second-order valence-electron chi connectivity index (χ2n) is 6.86. The quantitative estimate of drug-likeness (QED) is 0.839. The van der Waals surface area contributed by atoms with E-state index >= 15 is 0 Å². The van der Waals surface area contributed by atoms with Crippen LogP contribution in [0.4, 0.5) is 0 Å². The Kier molecular flexibility index (Phi) is 3.56. The molecule has 0 aromatic carbocycles. The third-order valence-corrected chi connectivity index (χ3v) is 5.40. The minimum atomic E-state index is 0.144. The van der Waals surface area contributed by atoms with Gasteiger partial charge in [0.2, 0.25) is 0 Å². The lowest BCUT2D eigenvalue weighted by molar-refractivity contribution is -0.00278. The number of amides is 1. The summed E-state index contributed by atoms with van der Waals surface area (Å²) in [6, 6.07) is 0.344. The Labute approximate surface area is 126 Å². The lowest BCUT2D eigenvalue weighted by Crippen LogP contribution is -2.46. The van der Waals surface area contributed by atoms with Crippen LogP contribution in [0.2, 0.25) is 0 Å². The van der Waals surface area contributed by atoms with Gasteiger partial charge >= 0.3 is 0 Å². The second kappa shape index (κ2) is 5.13. The zero-order valence-corrected chi connectivity index (χ0v) is 13.4. The highest BCUT2D eigenvalue weighted by Gasteiger charge is 2.49. The molecule has 0 bridgehead atoms. The summed E-state index contributed by atoms with van der Waals surface area (Å²) in [5, 5.41) is 4.30. The maximum absolute atomic E-state index is 12.9. The van der Waals surface area contributed by atoms with E-state index in [0.717, 1.165) is 43.5 Å². The van der Waals surface area contributed by atoms with E-state index < -0.39 is 0 Å². The van der Waals surface area contributed by atoms with Gasteiger partial charge in [-0.05, 0) is 38.0 Å². The smallest absolute Gasteiger partial charge is 0.257 e. The van der Waals surface area contributed by atoms with Gasteiger partial charge in [0.1, 0.15) is 0 Å². The predicted octanol–water partition coefficient (Wildman–Crippen LogP) is 2.15. The van der Waals surface area contributed by atoms with Crippen molar-refractivity contribution in [1.82, 2.24) is 14.7 Å². The summed E-state index contributed by atoms with van der Waals surface area (Å²) in [6.07, 6.45) is 6.41. The Bertz CT molecular complexity index is 554. The number of fused-ring (bicyclic) bond motifs is 1. The fraction of sp³-hybridized carbons (Fsp3) is 0.750. The van der Waals surface area contributed by atoms with Crippen LogP contribution in [0.3, 0.4) is 0 Å². The number of hydrogen-bond acceptors (Lipinski definition) is 3. The molecular weight excluding hydrogens is 266 g/mol. The number of rotatable bonds is 2. The summed E-state index contributed by atoms with van der Waals surface area (Å²) >= 11 is 0. The molecule has 0 unspecified atom stereocenters. The fourth-order valence-corrected chi connectivity index (χ4v) is 4.19. The molecule has 0 spiro atoms. The number of aromatic nitrogens is 2. The minimum absolute atomic E-state index is 0.144. The highest BCUT2D eigenvalue weighted by Crippen LogP contribution is 2.47. The van der Waals surface area contributed by atoms with E-state index in [0.29, 0.717) is 12.1 Å². The van der Waals surface area contributed by atoms with E-state index in [1.54, 1.807) is 11.8 Å². The summed E-state index contributed by atoms with van der Waals surface area (Å²) in [4.78, 5) is 14.9. The zero-order chi connectivity index (χ0) is 15.2. The van der Waals surface area contributed by atoms with Crippen molar-refractivity contribution in [3.63, 3.8) is 0 Å². The molecule has 5 nitrogen and oxygen atoms in total. The lowest BCUT2D eigenvalue weighted by atomic mass is 9.71. The van der Waals surface area contributed by atoms with Crippen LogP contribution in [0.25, 0.3) is 0 Å². The van der Waals surface area contributed by atoms with Gasteiger partial charge in [-0.2, -0.15) is 5.10 Å². The van der Waals surface area contributed by atoms with Crippen molar-refractivity contribution in [1.29, 1.82) is 0 Å². The van der Waals surface area contributed by atoms with Crippen molar-refractivity contribution in [3.8, 4) is 0 Å². The Morgan fingerprint density at radius 3 is 2.86 bits per heavy atom. The van der Waals surface area contributed by atoms with Gasteiger partial charge in [0.25, 0.3) is 5.91 Å². The highest BCUT2D eigenvalue weighted by molar-refractivity contribution is 5.95. The van der Waals surface area contributed by atoms with Crippen molar-refractivity contribution in [2.75, 3.05) is 13.7 Å². The molecule has 3 atom stereocenters. The summed E-state index contributed by atoms with van der Waals surface area (Å²) in [6.45, 7) is 5.07. The summed E-state index contributed by atoms with van der Waals surface area (Å²) in [5.41, 5.74) is 1.77. The van der Waals surface area contributed by atoms with E-state index in [1.165, 1.54) is 0 Å². The van der Waals surface area contributed by atoms with Crippen molar-refractivity contribution in [2.24, 2.45) is 12.5 Å². The van der Waals surface area contributed by atoms with Gasteiger partial charge in [0.15, 0.2) is 0 Å². The van der Waals surface area contributed by atoms with Crippen molar-refractivity contribution < 1.29 is 9.53 Å². The normalized spacial score (nSPS) is 32.3. The molecule has 5 heteroatoms. The van der Waals surface area contributed by atoms with E-state index in [4.69, 9.17) is 4.74 Å². The van der Waals surface area contributed by atoms with Gasteiger partial charge < -0.3 is 9.64 Å². The number of methoxy groups -OCH3 is 1. The molecule has 2 aliphatic rings. The Balaban J connectivity index is 1.82. The van der Waals surface area contributed by atoms with Crippen LogP contribution >= 0.6 is 0 Å². The van der Waals surface area contributed by atoms with Gasteiger partial charge in [-0.1, -0.05) is 6.92 Å². The van der Waals surface area contributed by atoms with Crippen LogP contribution in [-0.2, 0) is 11.8 Å². The SMILES string of the molecule is CO[C@@H]1CC[C@H]2N(C(=O)c3cn(C)nc3C)CC[C@@]2(C)C1. The number of carbonyl (C=O) groups is 1. The van der Waals surface area contributed by atoms with Crippen LogP contribution in [-0.4, -0.2) is 46.4 Å². The largest absolute Gasteiger partial charge is 0.381 e. The minimum Gasteiger partial charge on any atom is -0.381 e. The molecule has 0 radical (unpaired) electrons. The van der Waals surface area contributed by atoms with Crippen molar-refractivity contribution in [3.05, 3.63) is 17.5 Å². The second-order valence-corrected chi connectivity index (χ2v) is 6.86. The topological polar surface area (TPSA) is 47.4 Å². The first kappa shape index (κ1) is 14.6. The van der Waals surface area contributed by atoms with E-state index in [1.807, 2.05) is 20.2 Å². The molecule has 1 aromatic heterocycles. The monoisotopic (exact) mass is 291 g/mol. The van der Waals surface area contributed by atoms with Gasteiger partial charge in [0, 0.05) is 32.9 Å². The first-order valence-electron chi connectivity index (χ1n) is 7.78. The average molecular weight is 291 g/mol. The van der Waals surface area contributed by atoms with Crippen LogP contribution in [0, 0.1) is 12.3 Å². The molecule has 2 heterocycles. The van der Waals surface area contributed by atoms with Gasteiger partial charge in [-0.25, -0.2) is 0 Å². The summed E-state index contributed by atoms with van der Waals surface area (Å²) in [7, 11) is 3.66. The zero-order valence-electron chi connectivity index (χ0n) is 13.4. The third-order valence-electron chi connectivity index (χ3n) is 5.40. The maximum atomic E-state index is 12.9. The van der Waals surface area contributed by atoms with Crippen LogP contribution in [0.15, 0.2) is 6.20 Å². The van der Waals surface area contributed by atoms with Crippen LogP contribution in [0.5, 0.6) is 0 Å². The summed E-state index contributed by atoms with van der Waals surface area (Å²) in [5.74, 6) is 0.144. The molecular formula is C16H25N3O2. The number of nitrogens with zero attached hydrogens (tertiary/aromatic N) is 3. The molecule has 1 aromatic rings. The first-order chi connectivity index (χ1) is 9.94. The molecule has 0 N–H and O–H groups in total. The molecule has 21 heavy (non-hydrogen) atoms. The Morgan fingerprint density at radius 1 is 1.48 bits per heavy atom. The lowest BCUT2D eigenvalue weighted by Gasteiger charge is -2.42. The number of carbonyl (C=O) groups excluding carboxylic acids is 1. The number of ether oxygens (including phenoxy) is 1. The molecule has 1 aliphatic heterocycles. The van der Waals surface area contributed by atoms with E-state index in [9.17, 15) is 4.79 Å². The Morgan fingerprint density at radius 2 is 2.24 bits per heavy atom. The first-order valence-corrected chi connectivity index (χ1v) is 7.78. The molecule has 2 fully saturated rings.